The Morgan fingerprint density at radius 1 is 1.56 bits per heavy atom. The molecule has 5 heteroatoms. The van der Waals surface area contributed by atoms with Crippen molar-refractivity contribution in [1.29, 1.82) is 0 Å². The summed E-state index contributed by atoms with van der Waals surface area (Å²) in [5.41, 5.74) is 0. The molecule has 0 aromatic carbocycles. The molecule has 2 unspecified atom stereocenters. The van der Waals surface area contributed by atoms with Crippen molar-refractivity contribution >= 4 is 5.97 Å². The highest BCUT2D eigenvalue weighted by atomic mass is 16.5. The third kappa shape index (κ3) is 3.73. The Morgan fingerprint density at radius 2 is 2.31 bits per heavy atom. The molecule has 1 heterocycles. The molecule has 0 saturated carbocycles. The van der Waals surface area contributed by atoms with Crippen molar-refractivity contribution in [2.24, 2.45) is 0 Å². The van der Waals surface area contributed by atoms with Gasteiger partial charge in [0.05, 0.1) is 13.2 Å². The first-order valence-electron chi connectivity index (χ1n) is 5.76. The minimum absolute atomic E-state index is 0.257. The Hall–Kier alpha value is -0.650. The molecule has 0 bridgehead atoms. The van der Waals surface area contributed by atoms with Gasteiger partial charge in [-0.15, -0.1) is 0 Å². The van der Waals surface area contributed by atoms with Crippen molar-refractivity contribution in [3.8, 4) is 0 Å². The molecule has 1 saturated heterocycles. The van der Waals surface area contributed by atoms with Gasteiger partial charge in [-0.05, 0) is 13.3 Å². The lowest BCUT2D eigenvalue weighted by Crippen LogP contribution is -2.37. The van der Waals surface area contributed by atoms with E-state index in [1.54, 1.807) is 0 Å². The standard InChI is InChI=1S/C11H21NO4/c1-3-16-6-4-5-12-8-9(13)7-10(12)11(14)15-2/h9-10,13H,3-8H2,1-2H3. The maximum atomic E-state index is 11.5. The van der Waals surface area contributed by atoms with E-state index in [1.807, 2.05) is 11.8 Å². The lowest BCUT2D eigenvalue weighted by atomic mass is 10.2. The molecule has 2 atom stereocenters. The van der Waals surface area contributed by atoms with E-state index in [9.17, 15) is 9.90 Å². The average molecular weight is 231 g/mol. The molecule has 1 fully saturated rings. The smallest absolute Gasteiger partial charge is 0.323 e. The van der Waals surface area contributed by atoms with Gasteiger partial charge in [-0.2, -0.15) is 0 Å². The number of aliphatic hydroxyl groups is 1. The predicted molar refractivity (Wildman–Crippen MR) is 59.1 cm³/mol. The fraction of sp³-hybridized carbons (Fsp3) is 0.909. The van der Waals surface area contributed by atoms with Crippen LogP contribution in [0, 0.1) is 0 Å². The van der Waals surface area contributed by atoms with Crippen LogP contribution in [-0.4, -0.2) is 61.5 Å². The molecule has 0 aromatic heterocycles. The van der Waals surface area contributed by atoms with Gasteiger partial charge in [-0.25, -0.2) is 0 Å². The fourth-order valence-corrected chi connectivity index (χ4v) is 2.02. The van der Waals surface area contributed by atoms with Crippen molar-refractivity contribution in [3.05, 3.63) is 0 Å². The number of methoxy groups -OCH3 is 1. The van der Waals surface area contributed by atoms with E-state index < -0.39 is 6.10 Å². The Bertz CT molecular complexity index is 222. The molecule has 1 aliphatic heterocycles. The summed E-state index contributed by atoms with van der Waals surface area (Å²) < 4.78 is 9.95. The van der Waals surface area contributed by atoms with E-state index in [4.69, 9.17) is 9.47 Å². The first-order valence-corrected chi connectivity index (χ1v) is 5.76. The third-order valence-electron chi connectivity index (χ3n) is 2.79. The van der Waals surface area contributed by atoms with Gasteiger partial charge in [0.2, 0.25) is 0 Å². The summed E-state index contributed by atoms with van der Waals surface area (Å²) in [4.78, 5) is 13.4. The number of carbonyl (C=O) groups is 1. The second kappa shape index (κ2) is 6.83. The van der Waals surface area contributed by atoms with Gasteiger partial charge in [-0.1, -0.05) is 0 Å². The van der Waals surface area contributed by atoms with E-state index in [0.717, 1.165) is 13.0 Å². The Kier molecular flexibility index (Phi) is 5.73. The molecule has 0 amide bonds. The Morgan fingerprint density at radius 3 is 2.94 bits per heavy atom. The summed E-state index contributed by atoms with van der Waals surface area (Å²) in [7, 11) is 1.38. The summed E-state index contributed by atoms with van der Waals surface area (Å²) in [6.07, 6.45) is 0.922. The molecule has 1 aliphatic rings. The SMILES string of the molecule is CCOCCCN1CC(O)CC1C(=O)OC. The molecule has 1 rings (SSSR count). The van der Waals surface area contributed by atoms with E-state index in [0.29, 0.717) is 26.2 Å². The van der Waals surface area contributed by atoms with E-state index in [-0.39, 0.29) is 12.0 Å². The van der Waals surface area contributed by atoms with Gasteiger partial charge >= 0.3 is 5.97 Å². The molecule has 16 heavy (non-hydrogen) atoms. The van der Waals surface area contributed by atoms with Gasteiger partial charge < -0.3 is 14.6 Å². The molecular formula is C11H21NO4. The summed E-state index contributed by atoms with van der Waals surface area (Å²) in [5.74, 6) is -0.257. The molecule has 0 aliphatic carbocycles. The number of ether oxygens (including phenoxy) is 2. The van der Waals surface area contributed by atoms with Crippen LogP contribution in [0.25, 0.3) is 0 Å². The molecular weight excluding hydrogens is 210 g/mol. The zero-order chi connectivity index (χ0) is 12.0. The van der Waals surface area contributed by atoms with Crippen molar-refractivity contribution in [1.82, 2.24) is 4.90 Å². The summed E-state index contributed by atoms with van der Waals surface area (Å²) in [6, 6.07) is -0.290. The second-order valence-corrected chi connectivity index (χ2v) is 3.97. The van der Waals surface area contributed by atoms with Crippen LogP contribution in [0.3, 0.4) is 0 Å². The van der Waals surface area contributed by atoms with Crippen molar-refractivity contribution in [2.45, 2.75) is 31.9 Å². The molecule has 1 N–H and O–H groups in total. The van der Waals surface area contributed by atoms with Crippen LogP contribution in [-0.2, 0) is 14.3 Å². The molecule has 94 valence electrons. The number of hydrogen-bond donors (Lipinski definition) is 1. The minimum atomic E-state index is -0.420. The average Bonchev–Trinajstić information content (AvgIpc) is 2.65. The monoisotopic (exact) mass is 231 g/mol. The lowest BCUT2D eigenvalue weighted by Gasteiger charge is -2.21. The predicted octanol–water partition coefficient (Wildman–Crippen LogP) is 0.0212. The summed E-state index contributed by atoms with van der Waals surface area (Å²) >= 11 is 0. The van der Waals surface area contributed by atoms with Crippen LogP contribution in [0.1, 0.15) is 19.8 Å². The zero-order valence-corrected chi connectivity index (χ0v) is 10.0. The maximum Gasteiger partial charge on any atom is 0.323 e. The van der Waals surface area contributed by atoms with E-state index in [2.05, 4.69) is 0 Å². The molecule has 0 spiro atoms. The minimum Gasteiger partial charge on any atom is -0.468 e. The second-order valence-electron chi connectivity index (χ2n) is 3.97. The lowest BCUT2D eigenvalue weighted by molar-refractivity contribution is -0.145. The van der Waals surface area contributed by atoms with Crippen LogP contribution in [0.4, 0.5) is 0 Å². The van der Waals surface area contributed by atoms with Crippen molar-refractivity contribution in [2.75, 3.05) is 33.4 Å². The normalized spacial score (nSPS) is 25.9. The summed E-state index contributed by atoms with van der Waals surface area (Å²) in [5, 5.41) is 9.54. The highest BCUT2D eigenvalue weighted by Crippen LogP contribution is 2.19. The number of likely N-dealkylation sites (tertiary alicyclic amines) is 1. The van der Waals surface area contributed by atoms with Crippen LogP contribution >= 0.6 is 0 Å². The van der Waals surface area contributed by atoms with Gasteiger partial charge in [0.1, 0.15) is 6.04 Å². The number of hydrogen-bond acceptors (Lipinski definition) is 5. The van der Waals surface area contributed by atoms with Crippen LogP contribution in [0.2, 0.25) is 0 Å². The van der Waals surface area contributed by atoms with Crippen molar-refractivity contribution < 1.29 is 19.4 Å². The van der Waals surface area contributed by atoms with Crippen LogP contribution < -0.4 is 0 Å². The summed E-state index contributed by atoms with van der Waals surface area (Å²) in [6.45, 7) is 4.67. The van der Waals surface area contributed by atoms with Gasteiger partial charge in [0.25, 0.3) is 0 Å². The van der Waals surface area contributed by atoms with Crippen molar-refractivity contribution in [3.63, 3.8) is 0 Å². The third-order valence-corrected chi connectivity index (χ3v) is 2.79. The number of rotatable bonds is 6. The van der Waals surface area contributed by atoms with Gasteiger partial charge in [0.15, 0.2) is 0 Å². The van der Waals surface area contributed by atoms with Gasteiger partial charge in [0, 0.05) is 32.7 Å². The Balaban J connectivity index is 2.34. The maximum absolute atomic E-state index is 11.5. The molecule has 5 nitrogen and oxygen atoms in total. The molecule has 0 radical (unpaired) electrons. The van der Waals surface area contributed by atoms with Crippen LogP contribution in [0.5, 0.6) is 0 Å². The largest absolute Gasteiger partial charge is 0.468 e. The highest BCUT2D eigenvalue weighted by Gasteiger charge is 2.36. The number of carbonyl (C=O) groups excluding carboxylic acids is 1. The number of nitrogens with zero attached hydrogens (tertiary/aromatic N) is 1. The first-order chi connectivity index (χ1) is 7.69. The topological polar surface area (TPSA) is 59.0 Å². The quantitative estimate of drug-likeness (QED) is 0.516. The highest BCUT2D eigenvalue weighted by molar-refractivity contribution is 5.76. The zero-order valence-electron chi connectivity index (χ0n) is 10.0. The Labute approximate surface area is 96.3 Å². The molecule has 0 aromatic rings. The fourth-order valence-electron chi connectivity index (χ4n) is 2.02. The number of esters is 1. The van der Waals surface area contributed by atoms with Gasteiger partial charge in [-0.3, -0.25) is 9.69 Å². The number of aliphatic hydroxyl groups excluding tert-OH is 1. The first kappa shape index (κ1) is 13.4. The van der Waals surface area contributed by atoms with E-state index >= 15 is 0 Å². The van der Waals surface area contributed by atoms with E-state index in [1.165, 1.54) is 7.11 Å². The number of β-amino-alcohol motifs (C(OH)–C–C–N with tert-alkyl or cyclic N) is 1. The van der Waals surface area contributed by atoms with Crippen LogP contribution in [0.15, 0.2) is 0 Å².